The van der Waals surface area contributed by atoms with Crippen molar-refractivity contribution in [3.8, 4) is 11.8 Å². The van der Waals surface area contributed by atoms with Gasteiger partial charge in [0.25, 0.3) is 0 Å². The van der Waals surface area contributed by atoms with Gasteiger partial charge in [-0.25, -0.2) is 0 Å². The van der Waals surface area contributed by atoms with E-state index in [2.05, 4.69) is 11.8 Å². The highest BCUT2D eigenvalue weighted by molar-refractivity contribution is 4.98. The fraction of sp³-hybridized carbons (Fsp3) is 0.800. The van der Waals surface area contributed by atoms with E-state index in [4.69, 9.17) is 4.74 Å². The molecule has 0 aliphatic heterocycles. The summed E-state index contributed by atoms with van der Waals surface area (Å²) in [5.74, 6) is 7.11. The summed E-state index contributed by atoms with van der Waals surface area (Å²) in [5.41, 5.74) is 0. The zero-order valence-electron chi connectivity index (χ0n) is 7.23. The van der Waals surface area contributed by atoms with E-state index < -0.39 is 0 Å². The Morgan fingerprint density at radius 2 is 2.18 bits per heavy atom. The van der Waals surface area contributed by atoms with Gasteiger partial charge < -0.3 is 4.74 Å². The van der Waals surface area contributed by atoms with Gasteiger partial charge in [0.1, 0.15) is 6.61 Å². The van der Waals surface area contributed by atoms with E-state index in [1.807, 2.05) is 0 Å². The summed E-state index contributed by atoms with van der Waals surface area (Å²) in [6, 6.07) is 0. The molecule has 1 aliphatic rings. The van der Waals surface area contributed by atoms with E-state index in [0.717, 1.165) is 12.3 Å². The number of hydrogen-bond donors (Lipinski definition) is 0. The van der Waals surface area contributed by atoms with E-state index in [0.29, 0.717) is 6.61 Å². The van der Waals surface area contributed by atoms with Crippen LogP contribution in [0.1, 0.15) is 32.1 Å². The maximum absolute atomic E-state index is 4.81. The van der Waals surface area contributed by atoms with Crippen LogP contribution in [0, 0.1) is 17.8 Å². The highest BCUT2D eigenvalue weighted by Crippen LogP contribution is 2.33. The lowest BCUT2D eigenvalue weighted by molar-refractivity contribution is 0.239. The highest BCUT2D eigenvalue weighted by atomic mass is 16.5. The molecule has 0 N–H and O–H groups in total. The highest BCUT2D eigenvalue weighted by Gasteiger charge is 2.19. The largest absolute Gasteiger partial charge is 0.372 e. The van der Waals surface area contributed by atoms with Crippen LogP contribution in [0.15, 0.2) is 0 Å². The predicted molar refractivity (Wildman–Crippen MR) is 46.2 cm³/mol. The van der Waals surface area contributed by atoms with Gasteiger partial charge in [0.2, 0.25) is 0 Å². The second-order valence-electron chi connectivity index (χ2n) is 3.12. The number of ether oxygens (including phenoxy) is 1. The second-order valence-corrected chi connectivity index (χ2v) is 3.12. The topological polar surface area (TPSA) is 9.23 Å². The molecule has 0 bridgehead atoms. The number of methoxy groups -OCH3 is 1. The summed E-state index contributed by atoms with van der Waals surface area (Å²) in [4.78, 5) is 0. The molecule has 0 amide bonds. The van der Waals surface area contributed by atoms with Crippen molar-refractivity contribution in [2.24, 2.45) is 5.92 Å². The molecule has 1 rings (SSSR count). The Labute approximate surface area is 69.1 Å². The predicted octanol–water partition coefficient (Wildman–Crippen LogP) is 2.22. The zero-order chi connectivity index (χ0) is 7.94. The van der Waals surface area contributed by atoms with Crippen molar-refractivity contribution in [1.82, 2.24) is 0 Å². The van der Waals surface area contributed by atoms with Crippen molar-refractivity contribution in [2.75, 3.05) is 13.7 Å². The van der Waals surface area contributed by atoms with Crippen molar-refractivity contribution >= 4 is 0 Å². The molecule has 1 aliphatic carbocycles. The molecule has 0 unspecified atom stereocenters. The Bertz CT molecular complexity index is 148. The molecule has 1 fully saturated rings. The van der Waals surface area contributed by atoms with Gasteiger partial charge in [0.05, 0.1) is 0 Å². The minimum Gasteiger partial charge on any atom is -0.372 e. The lowest BCUT2D eigenvalue weighted by Crippen LogP contribution is -1.81. The van der Waals surface area contributed by atoms with E-state index in [9.17, 15) is 0 Å². The van der Waals surface area contributed by atoms with Gasteiger partial charge in [0, 0.05) is 13.5 Å². The minimum absolute atomic E-state index is 0.587. The molecular weight excluding hydrogens is 136 g/mol. The van der Waals surface area contributed by atoms with Crippen LogP contribution in [0.2, 0.25) is 0 Å². The van der Waals surface area contributed by atoms with Gasteiger partial charge in [-0.2, -0.15) is 0 Å². The van der Waals surface area contributed by atoms with Gasteiger partial charge in [-0.3, -0.25) is 0 Å². The van der Waals surface area contributed by atoms with Crippen LogP contribution in [0.5, 0.6) is 0 Å². The van der Waals surface area contributed by atoms with Crippen molar-refractivity contribution in [3.63, 3.8) is 0 Å². The summed E-state index contributed by atoms with van der Waals surface area (Å²) >= 11 is 0. The Kier molecular flexibility index (Phi) is 4.08. The molecule has 1 nitrogen and oxygen atoms in total. The normalized spacial score (nSPS) is 15.7. The smallest absolute Gasteiger partial charge is 0.107 e. The van der Waals surface area contributed by atoms with Crippen molar-refractivity contribution in [1.29, 1.82) is 0 Å². The van der Waals surface area contributed by atoms with E-state index in [1.165, 1.54) is 25.7 Å². The quantitative estimate of drug-likeness (QED) is 0.443. The van der Waals surface area contributed by atoms with E-state index in [1.54, 1.807) is 7.11 Å². The number of rotatable bonds is 4. The minimum atomic E-state index is 0.587. The first-order valence-electron chi connectivity index (χ1n) is 4.38. The first kappa shape index (κ1) is 8.62. The lowest BCUT2D eigenvalue weighted by atomic mass is 10.2. The molecule has 0 atom stereocenters. The van der Waals surface area contributed by atoms with Crippen LogP contribution < -0.4 is 0 Å². The molecule has 0 radical (unpaired) electrons. The van der Waals surface area contributed by atoms with Crippen LogP contribution >= 0.6 is 0 Å². The average Bonchev–Trinajstić information content (AvgIpc) is 2.80. The van der Waals surface area contributed by atoms with Crippen molar-refractivity contribution in [3.05, 3.63) is 0 Å². The van der Waals surface area contributed by atoms with Crippen molar-refractivity contribution < 1.29 is 4.74 Å². The van der Waals surface area contributed by atoms with Gasteiger partial charge in [-0.15, -0.1) is 5.92 Å². The Morgan fingerprint density at radius 1 is 1.36 bits per heavy atom. The van der Waals surface area contributed by atoms with Gasteiger partial charge in [-0.05, 0) is 18.8 Å². The number of hydrogen-bond acceptors (Lipinski definition) is 1. The first-order chi connectivity index (χ1) is 5.43. The monoisotopic (exact) mass is 152 g/mol. The van der Waals surface area contributed by atoms with E-state index in [-0.39, 0.29) is 0 Å². The number of unbranched alkanes of at least 4 members (excludes halogenated alkanes) is 1. The second kappa shape index (κ2) is 5.21. The average molecular weight is 152 g/mol. The molecule has 0 aromatic heterocycles. The molecule has 0 aromatic rings. The van der Waals surface area contributed by atoms with Crippen LogP contribution in [-0.4, -0.2) is 13.7 Å². The third-order valence-electron chi connectivity index (χ3n) is 1.95. The molecule has 11 heavy (non-hydrogen) atoms. The Hall–Kier alpha value is -0.480. The van der Waals surface area contributed by atoms with Crippen LogP contribution in [0.3, 0.4) is 0 Å². The van der Waals surface area contributed by atoms with Gasteiger partial charge >= 0.3 is 0 Å². The van der Waals surface area contributed by atoms with E-state index >= 15 is 0 Å². The first-order valence-corrected chi connectivity index (χ1v) is 4.38. The molecule has 0 heterocycles. The fourth-order valence-corrected chi connectivity index (χ4v) is 1.10. The summed E-state index contributed by atoms with van der Waals surface area (Å²) in [5, 5.41) is 0. The summed E-state index contributed by atoms with van der Waals surface area (Å²) < 4.78 is 4.81. The molecule has 0 spiro atoms. The maximum Gasteiger partial charge on any atom is 0.107 e. The molecule has 0 aromatic carbocycles. The lowest BCUT2D eigenvalue weighted by Gasteiger charge is -1.90. The Balaban J connectivity index is 1.83. The Morgan fingerprint density at radius 3 is 2.82 bits per heavy atom. The fourth-order valence-electron chi connectivity index (χ4n) is 1.10. The van der Waals surface area contributed by atoms with Crippen LogP contribution in [0.25, 0.3) is 0 Å². The zero-order valence-corrected chi connectivity index (χ0v) is 7.23. The summed E-state index contributed by atoms with van der Waals surface area (Å²) in [7, 11) is 1.68. The van der Waals surface area contributed by atoms with Crippen molar-refractivity contribution in [2.45, 2.75) is 32.1 Å². The standard InChI is InChI=1S/C10H16O/c1-11-9-5-3-2-4-6-10-7-8-10/h10H,2,4,6-9H2,1H3. The molecule has 1 saturated carbocycles. The molecular formula is C10H16O. The third-order valence-corrected chi connectivity index (χ3v) is 1.95. The van der Waals surface area contributed by atoms with Crippen LogP contribution in [0.4, 0.5) is 0 Å². The maximum atomic E-state index is 4.81. The third kappa shape index (κ3) is 4.86. The summed E-state index contributed by atoms with van der Waals surface area (Å²) in [6.07, 6.45) is 6.65. The molecule has 1 heteroatoms. The SMILES string of the molecule is COCC#CCCCC1CC1. The van der Waals surface area contributed by atoms with Crippen LogP contribution in [-0.2, 0) is 4.74 Å². The molecule has 0 saturated heterocycles. The molecule has 62 valence electrons. The van der Waals surface area contributed by atoms with Gasteiger partial charge in [-0.1, -0.05) is 18.8 Å². The summed E-state index contributed by atoms with van der Waals surface area (Å²) in [6.45, 7) is 0.587. The van der Waals surface area contributed by atoms with Gasteiger partial charge in [0.15, 0.2) is 0 Å².